The maximum atomic E-state index is 10.3. The second-order valence-electron chi connectivity index (χ2n) is 6.06. The molecule has 0 radical (unpaired) electrons. The maximum Gasteiger partial charge on any atom is 0.0900 e. The SMILES string of the molecule is CCCC1(O)CN(Cc2cc(C)nc3ccccc23)C1. The maximum absolute atomic E-state index is 10.3. The second-order valence-corrected chi connectivity index (χ2v) is 6.06. The van der Waals surface area contributed by atoms with Crippen LogP contribution in [0.3, 0.4) is 0 Å². The van der Waals surface area contributed by atoms with Crippen molar-refractivity contribution in [3.05, 3.63) is 41.6 Å². The molecule has 3 rings (SSSR count). The van der Waals surface area contributed by atoms with Gasteiger partial charge in [0.15, 0.2) is 0 Å². The van der Waals surface area contributed by atoms with Crippen molar-refractivity contribution in [2.24, 2.45) is 0 Å². The van der Waals surface area contributed by atoms with Gasteiger partial charge in [-0.25, -0.2) is 0 Å². The Labute approximate surface area is 120 Å². The number of benzene rings is 1. The van der Waals surface area contributed by atoms with Crippen LogP contribution in [-0.2, 0) is 6.54 Å². The number of aryl methyl sites for hydroxylation is 1. The minimum Gasteiger partial charge on any atom is -0.387 e. The summed E-state index contributed by atoms with van der Waals surface area (Å²) in [6.07, 6.45) is 1.95. The number of para-hydroxylation sites is 1. The smallest absolute Gasteiger partial charge is 0.0900 e. The number of hydrogen-bond donors (Lipinski definition) is 1. The molecule has 20 heavy (non-hydrogen) atoms. The molecule has 1 aliphatic rings. The summed E-state index contributed by atoms with van der Waals surface area (Å²) >= 11 is 0. The van der Waals surface area contributed by atoms with Gasteiger partial charge in [0, 0.05) is 30.7 Å². The topological polar surface area (TPSA) is 36.4 Å². The second kappa shape index (κ2) is 5.15. The molecule has 0 spiro atoms. The largest absolute Gasteiger partial charge is 0.387 e. The molecule has 0 saturated carbocycles. The van der Waals surface area contributed by atoms with Crippen LogP contribution in [0, 0.1) is 6.92 Å². The third-order valence-corrected chi connectivity index (χ3v) is 4.08. The van der Waals surface area contributed by atoms with Gasteiger partial charge in [-0.05, 0) is 31.0 Å². The molecular formula is C17H22N2O. The molecule has 1 aromatic carbocycles. The summed E-state index contributed by atoms with van der Waals surface area (Å²) in [6, 6.07) is 10.5. The number of likely N-dealkylation sites (tertiary alicyclic amines) is 1. The molecule has 2 aromatic rings. The van der Waals surface area contributed by atoms with E-state index in [1.54, 1.807) is 0 Å². The first-order valence-corrected chi connectivity index (χ1v) is 7.40. The zero-order chi connectivity index (χ0) is 14.2. The third-order valence-electron chi connectivity index (χ3n) is 4.08. The standard InChI is InChI=1S/C17H22N2O/c1-3-8-17(20)11-19(12-17)10-14-9-13(2)18-16-7-5-4-6-15(14)16/h4-7,9,20H,3,8,10-12H2,1-2H3. The number of hydrogen-bond acceptors (Lipinski definition) is 3. The van der Waals surface area contributed by atoms with Crippen molar-refractivity contribution in [2.75, 3.05) is 13.1 Å². The van der Waals surface area contributed by atoms with Crippen LogP contribution < -0.4 is 0 Å². The lowest BCUT2D eigenvalue weighted by Crippen LogP contribution is -2.60. The summed E-state index contributed by atoms with van der Waals surface area (Å²) in [5, 5.41) is 11.5. The first kappa shape index (κ1) is 13.5. The highest BCUT2D eigenvalue weighted by Gasteiger charge is 2.39. The molecule has 1 aromatic heterocycles. The lowest BCUT2D eigenvalue weighted by molar-refractivity contribution is -0.106. The highest BCUT2D eigenvalue weighted by atomic mass is 16.3. The molecule has 0 atom stereocenters. The van der Waals surface area contributed by atoms with E-state index in [1.807, 2.05) is 13.0 Å². The quantitative estimate of drug-likeness (QED) is 0.928. The van der Waals surface area contributed by atoms with E-state index >= 15 is 0 Å². The van der Waals surface area contributed by atoms with Crippen LogP contribution in [0.2, 0.25) is 0 Å². The fourth-order valence-corrected chi connectivity index (χ4v) is 3.29. The van der Waals surface area contributed by atoms with Crippen molar-refractivity contribution in [3.8, 4) is 0 Å². The first-order chi connectivity index (χ1) is 9.59. The van der Waals surface area contributed by atoms with Gasteiger partial charge in [-0.3, -0.25) is 9.88 Å². The fourth-order valence-electron chi connectivity index (χ4n) is 3.29. The van der Waals surface area contributed by atoms with E-state index in [9.17, 15) is 5.11 Å². The number of β-amino-alcohol motifs (C(OH)–C–C–N with tert-alkyl or cyclic N) is 1. The minimum absolute atomic E-state index is 0.452. The van der Waals surface area contributed by atoms with Gasteiger partial charge in [0.25, 0.3) is 0 Å². The number of nitrogens with zero attached hydrogens (tertiary/aromatic N) is 2. The number of rotatable bonds is 4. The number of aromatic nitrogens is 1. The van der Waals surface area contributed by atoms with Gasteiger partial charge in [0.05, 0.1) is 11.1 Å². The molecule has 0 amide bonds. The Morgan fingerprint density at radius 1 is 1.30 bits per heavy atom. The lowest BCUT2D eigenvalue weighted by Gasteiger charge is -2.46. The van der Waals surface area contributed by atoms with E-state index in [-0.39, 0.29) is 0 Å². The van der Waals surface area contributed by atoms with Crippen LogP contribution in [0.1, 0.15) is 31.0 Å². The predicted octanol–water partition coefficient (Wildman–Crippen LogP) is 2.89. The van der Waals surface area contributed by atoms with Gasteiger partial charge >= 0.3 is 0 Å². The molecule has 1 saturated heterocycles. The average Bonchev–Trinajstić information content (AvgIpc) is 2.37. The molecule has 0 unspecified atom stereocenters. The molecule has 3 heteroatoms. The molecule has 1 fully saturated rings. The molecule has 106 valence electrons. The molecule has 1 aliphatic heterocycles. The van der Waals surface area contributed by atoms with E-state index in [1.165, 1.54) is 10.9 Å². The highest BCUT2D eigenvalue weighted by Crippen LogP contribution is 2.29. The van der Waals surface area contributed by atoms with Crippen molar-refractivity contribution in [1.29, 1.82) is 0 Å². The van der Waals surface area contributed by atoms with E-state index in [0.717, 1.165) is 43.7 Å². The first-order valence-electron chi connectivity index (χ1n) is 7.40. The summed E-state index contributed by atoms with van der Waals surface area (Å²) in [7, 11) is 0. The minimum atomic E-state index is -0.452. The summed E-state index contributed by atoms with van der Waals surface area (Å²) in [6.45, 7) is 6.64. The van der Waals surface area contributed by atoms with E-state index in [0.29, 0.717) is 0 Å². The number of aliphatic hydroxyl groups is 1. The summed E-state index contributed by atoms with van der Waals surface area (Å²) in [4.78, 5) is 6.89. The van der Waals surface area contributed by atoms with E-state index in [4.69, 9.17) is 0 Å². The Bertz CT molecular complexity index is 617. The number of fused-ring (bicyclic) bond motifs is 1. The van der Waals surface area contributed by atoms with Crippen LogP contribution in [0.15, 0.2) is 30.3 Å². The Morgan fingerprint density at radius 3 is 2.80 bits per heavy atom. The van der Waals surface area contributed by atoms with Crippen LogP contribution >= 0.6 is 0 Å². The molecule has 1 N–H and O–H groups in total. The third kappa shape index (κ3) is 2.56. The van der Waals surface area contributed by atoms with Crippen molar-refractivity contribution in [2.45, 2.75) is 38.8 Å². The van der Waals surface area contributed by atoms with Gasteiger partial charge in [-0.1, -0.05) is 31.5 Å². The zero-order valence-corrected chi connectivity index (χ0v) is 12.3. The summed E-state index contributed by atoms with van der Waals surface area (Å²) in [5.41, 5.74) is 2.98. The molecule has 3 nitrogen and oxygen atoms in total. The van der Waals surface area contributed by atoms with Crippen molar-refractivity contribution in [1.82, 2.24) is 9.88 Å². The van der Waals surface area contributed by atoms with Crippen molar-refractivity contribution >= 4 is 10.9 Å². The molecular weight excluding hydrogens is 248 g/mol. The van der Waals surface area contributed by atoms with Crippen molar-refractivity contribution in [3.63, 3.8) is 0 Å². The summed E-state index contributed by atoms with van der Waals surface area (Å²) < 4.78 is 0. The van der Waals surface area contributed by atoms with Crippen LogP contribution in [0.25, 0.3) is 10.9 Å². The lowest BCUT2D eigenvalue weighted by atomic mass is 9.89. The van der Waals surface area contributed by atoms with Gasteiger partial charge in [0.1, 0.15) is 0 Å². The van der Waals surface area contributed by atoms with Gasteiger partial charge < -0.3 is 5.11 Å². The van der Waals surface area contributed by atoms with Crippen LogP contribution in [0.5, 0.6) is 0 Å². The Hall–Kier alpha value is -1.45. The molecule has 0 aliphatic carbocycles. The molecule has 0 bridgehead atoms. The van der Waals surface area contributed by atoms with Crippen LogP contribution in [0.4, 0.5) is 0 Å². The average molecular weight is 270 g/mol. The van der Waals surface area contributed by atoms with Gasteiger partial charge in [-0.15, -0.1) is 0 Å². The van der Waals surface area contributed by atoms with E-state index < -0.39 is 5.60 Å². The Morgan fingerprint density at radius 2 is 2.05 bits per heavy atom. The fraction of sp³-hybridized carbons (Fsp3) is 0.471. The van der Waals surface area contributed by atoms with Gasteiger partial charge in [0.2, 0.25) is 0 Å². The van der Waals surface area contributed by atoms with Crippen molar-refractivity contribution < 1.29 is 5.11 Å². The monoisotopic (exact) mass is 270 g/mol. The van der Waals surface area contributed by atoms with Gasteiger partial charge in [-0.2, -0.15) is 0 Å². The molecule has 2 heterocycles. The Balaban J connectivity index is 1.79. The highest BCUT2D eigenvalue weighted by molar-refractivity contribution is 5.82. The van der Waals surface area contributed by atoms with E-state index in [2.05, 4.69) is 41.1 Å². The Kier molecular flexibility index (Phi) is 3.48. The van der Waals surface area contributed by atoms with Crippen LogP contribution in [-0.4, -0.2) is 33.7 Å². The predicted molar refractivity (Wildman–Crippen MR) is 81.6 cm³/mol. The normalized spacial score (nSPS) is 18.1. The summed E-state index contributed by atoms with van der Waals surface area (Å²) in [5.74, 6) is 0. The zero-order valence-electron chi connectivity index (χ0n) is 12.3. The number of pyridine rings is 1.